The summed E-state index contributed by atoms with van der Waals surface area (Å²) in [6.07, 6.45) is 4.01. The number of carbonyl (C=O) groups is 1. The van der Waals surface area contributed by atoms with Crippen molar-refractivity contribution in [1.82, 2.24) is 25.0 Å². The molecule has 7 nitrogen and oxygen atoms in total. The first-order chi connectivity index (χ1) is 11.7. The van der Waals surface area contributed by atoms with E-state index in [1.165, 1.54) is 12.8 Å². The van der Waals surface area contributed by atoms with Crippen LogP contribution in [-0.2, 0) is 19.6 Å². The summed E-state index contributed by atoms with van der Waals surface area (Å²) in [5, 5.41) is 20.4. The third-order valence-corrected chi connectivity index (χ3v) is 4.18. The molecule has 2 amide bonds. The smallest absolute Gasteiger partial charge is 0.318 e. The standard InChI is InChI=1S/C17H23N5O2/c1-2-21-12-19-20-16(21)9-18-17(24)22(10-13-6-7-13)11-14-4-3-5-15(23)8-14/h3-5,8,12-13,23H,2,6-7,9-11H2,1H3,(H,18,24). The van der Waals surface area contributed by atoms with E-state index in [0.717, 1.165) is 24.5 Å². The fraction of sp³-hybridized carbons (Fsp3) is 0.471. The summed E-state index contributed by atoms with van der Waals surface area (Å²) in [4.78, 5) is 14.4. The van der Waals surface area contributed by atoms with Crippen molar-refractivity contribution in [2.45, 2.75) is 39.4 Å². The maximum atomic E-state index is 12.6. The topological polar surface area (TPSA) is 83.3 Å². The van der Waals surface area contributed by atoms with Crippen molar-refractivity contribution in [2.75, 3.05) is 6.54 Å². The molecule has 3 rings (SSSR count). The summed E-state index contributed by atoms with van der Waals surface area (Å²) < 4.78 is 1.90. The summed E-state index contributed by atoms with van der Waals surface area (Å²) in [6.45, 7) is 4.36. The maximum Gasteiger partial charge on any atom is 0.318 e. The summed E-state index contributed by atoms with van der Waals surface area (Å²) >= 11 is 0. The largest absolute Gasteiger partial charge is 0.508 e. The van der Waals surface area contributed by atoms with E-state index in [-0.39, 0.29) is 11.8 Å². The first-order valence-corrected chi connectivity index (χ1v) is 8.33. The fourth-order valence-corrected chi connectivity index (χ4v) is 2.65. The van der Waals surface area contributed by atoms with Gasteiger partial charge in [-0.15, -0.1) is 10.2 Å². The number of urea groups is 1. The van der Waals surface area contributed by atoms with Crippen molar-refractivity contribution in [2.24, 2.45) is 5.92 Å². The van der Waals surface area contributed by atoms with Crippen molar-refractivity contribution in [3.8, 4) is 5.75 Å². The molecule has 0 bridgehead atoms. The molecule has 0 saturated heterocycles. The maximum absolute atomic E-state index is 12.6. The minimum absolute atomic E-state index is 0.115. The molecular formula is C17H23N5O2. The van der Waals surface area contributed by atoms with E-state index < -0.39 is 0 Å². The molecule has 0 unspecified atom stereocenters. The lowest BCUT2D eigenvalue weighted by molar-refractivity contribution is 0.191. The molecule has 1 heterocycles. The van der Waals surface area contributed by atoms with Gasteiger partial charge in [-0.25, -0.2) is 4.79 Å². The number of rotatable bonds is 7. The second-order valence-electron chi connectivity index (χ2n) is 6.19. The predicted octanol–water partition coefficient (Wildman–Crippen LogP) is 2.13. The van der Waals surface area contributed by atoms with Crippen LogP contribution in [0.4, 0.5) is 4.79 Å². The third kappa shape index (κ3) is 4.24. The highest BCUT2D eigenvalue weighted by molar-refractivity contribution is 5.74. The quantitative estimate of drug-likeness (QED) is 0.815. The lowest BCUT2D eigenvalue weighted by atomic mass is 10.2. The number of carbonyl (C=O) groups excluding carboxylic acids is 1. The van der Waals surface area contributed by atoms with Gasteiger partial charge in [0, 0.05) is 19.6 Å². The molecule has 1 saturated carbocycles. The van der Waals surface area contributed by atoms with Crippen LogP contribution in [0.1, 0.15) is 31.2 Å². The number of benzene rings is 1. The number of nitrogens with zero attached hydrogens (tertiary/aromatic N) is 4. The van der Waals surface area contributed by atoms with Crippen molar-refractivity contribution in [3.63, 3.8) is 0 Å². The third-order valence-electron chi connectivity index (χ3n) is 4.18. The Hall–Kier alpha value is -2.57. The summed E-state index contributed by atoms with van der Waals surface area (Å²) in [6, 6.07) is 6.92. The molecule has 24 heavy (non-hydrogen) atoms. The predicted molar refractivity (Wildman–Crippen MR) is 89.2 cm³/mol. The first kappa shape index (κ1) is 16.3. The summed E-state index contributed by atoms with van der Waals surface area (Å²) in [5.41, 5.74) is 0.919. The minimum atomic E-state index is -0.115. The molecule has 0 aliphatic heterocycles. The SMILES string of the molecule is CCn1cnnc1CNC(=O)N(Cc1cccc(O)c1)CC1CC1. The second kappa shape index (κ2) is 7.33. The number of phenols is 1. The fourth-order valence-electron chi connectivity index (χ4n) is 2.65. The Balaban J connectivity index is 1.62. The molecule has 0 atom stereocenters. The van der Waals surface area contributed by atoms with Gasteiger partial charge in [0.15, 0.2) is 5.82 Å². The molecule has 1 aromatic heterocycles. The molecular weight excluding hydrogens is 306 g/mol. The van der Waals surface area contributed by atoms with Crippen LogP contribution in [0.25, 0.3) is 0 Å². The Morgan fingerprint density at radius 2 is 2.29 bits per heavy atom. The van der Waals surface area contributed by atoms with Gasteiger partial charge in [-0.2, -0.15) is 0 Å². The van der Waals surface area contributed by atoms with Gasteiger partial charge >= 0.3 is 6.03 Å². The van der Waals surface area contributed by atoms with E-state index >= 15 is 0 Å². The van der Waals surface area contributed by atoms with Crippen LogP contribution in [0.5, 0.6) is 5.75 Å². The Labute approximate surface area is 141 Å². The zero-order valence-electron chi connectivity index (χ0n) is 13.9. The van der Waals surface area contributed by atoms with Gasteiger partial charge in [0.1, 0.15) is 12.1 Å². The van der Waals surface area contributed by atoms with Gasteiger partial charge in [-0.3, -0.25) is 0 Å². The lowest BCUT2D eigenvalue weighted by Gasteiger charge is -2.23. The van der Waals surface area contributed by atoms with Crippen LogP contribution in [0, 0.1) is 5.92 Å². The van der Waals surface area contributed by atoms with E-state index in [9.17, 15) is 9.90 Å². The number of aryl methyl sites for hydroxylation is 1. The number of hydrogen-bond acceptors (Lipinski definition) is 4. The van der Waals surface area contributed by atoms with Crippen LogP contribution in [0.3, 0.4) is 0 Å². The van der Waals surface area contributed by atoms with E-state index in [2.05, 4.69) is 15.5 Å². The highest BCUT2D eigenvalue weighted by Crippen LogP contribution is 2.30. The Morgan fingerprint density at radius 3 is 3.00 bits per heavy atom. The molecule has 1 aromatic carbocycles. The van der Waals surface area contributed by atoms with E-state index in [1.807, 2.05) is 17.6 Å². The lowest BCUT2D eigenvalue weighted by Crippen LogP contribution is -2.40. The van der Waals surface area contributed by atoms with Gasteiger partial charge in [0.05, 0.1) is 6.54 Å². The van der Waals surface area contributed by atoms with Gasteiger partial charge in [0.2, 0.25) is 0 Å². The average molecular weight is 329 g/mol. The van der Waals surface area contributed by atoms with Crippen molar-refractivity contribution in [1.29, 1.82) is 0 Å². The molecule has 7 heteroatoms. The number of hydrogen-bond donors (Lipinski definition) is 2. The molecule has 1 aliphatic carbocycles. The van der Waals surface area contributed by atoms with E-state index in [4.69, 9.17) is 0 Å². The van der Waals surface area contributed by atoms with Crippen LogP contribution in [-0.4, -0.2) is 37.3 Å². The van der Waals surface area contributed by atoms with Crippen LogP contribution in [0.15, 0.2) is 30.6 Å². The van der Waals surface area contributed by atoms with Crippen LogP contribution in [0.2, 0.25) is 0 Å². The number of nitrogens with one attached hydrogen (secondary N) is 1. The van der Waals surface area contributed by atoms with Gasteiger partial charge < -0.3 is 19.9 Å². The van der Waals surface area contributed by atoms with E-state index in [1.54, 1.807) is 29.4 Å². The van der Waals surface area contributed by atoms with Gasteiger partial charge in [-0.1, -0.05) is 12.1 Å². The number of phenolic OH excluding ortho intramolecular Hbond substituents is 1. The number of aromatic hydroxyl groups is 1. The van der Waals surface area contributed by atoms with Gasteiger partial charge in [0.25, 0.3) is 0 Å². The number of amides is 2. The zero-order valence-corrected chi connectivity index (χ0v) is 13.9. The highest BCUT2D eigenvalue weighted by atomic mass is 16.3. The van der Waals surface area contributed by atoms with Crippen LogP contribution < -0.4 is 5.32 Å². The van der Waals surface area contributed by atoms with Crippen molar-refractivity contribution in [3.05, 3.63) is 42.0 Å². The van der Waals surface area contributed by atoms with Crippen molar-refractivity contribution < 1.29 is 9.90 Å². The molecule has 128 valence electrons. The number of aromatic nitrogens is 3. The van der Waals surface area contributed by atoms with Crippen LogP contribution >= 0.6 is 0 Å². The molecule has 2 aromatic rings. The summed E-state index contributed by atoms with van der Waals surface area (Å²) in [7, 11) is 0. The molecule has 0 spiro atoms. The second-order valence-corrected chi connectivity index (χ2v) is 6.19. The zero-order chi connectivity index (χ0) is 16.9. The van der Waals surface area contributed by atoms with Gasteiger partial charge in [-0.05, 0) is 43.4 Å². The monoisotopic (exact) mass is 329 g/mol. The molecule has 1 aliphatic rings. The molecule has 1 fully saturated rings. The van der Waals surface area contributed by atoms with Crippen molar-refractivity contribution >= 4 is 6.03 Å². The molecule has 2 N–H and O–H groups in total. The Bertz CT molecular complexity index is 696. The molecule has 0 radical (unpaired) electrons. The normalized spacial score (nSPS) is 13.7. The Kier molecular flexibility index (Phi) is 4.98. The highest BCUT2D eigenvalue weighted by Gasteiger charge is 2.27. The average Bonchev–Trinajstić information content (AvgIpc) is 3.27. The summed E-state index contributed by atoms with van der Waals surface area (Å²) in [5.74, 6) is 1.55. The van der Waals surface area contributed by atoms with E-state index in [0.29, 0.717) is 19.0 Å². The Morgan fingerprint density at radius 1 is 1.46 bits per heavy atom. The minimum Gasteiger partial charge on any atom is -0.508 e. The first-order valence-electron chi connectivity index (χ1n) is 8.33.